The minimum Gasteiger partial charge on any atom is -0.367 e. The highest BCUT2D eigenvalue weighted by atomic mass is 32.2. The molecule has 0 aromatic carbocycles. The molecule has 1 aliphatic carbocycles. The van der Waals surface area contributed by atoms with E-state index >= 15 is 0 Å². The van der Waals surface area contributed by atoms with E-state index in [-0.39, 0.29) is 0 Å². The van der Waals surface area contributed by atoms with Gasteiger partial charge in [-0.1, -0.05) is 6.92 Å². The van der Waals surface area contributed by atoms with Gasteiger partial charge in [-0.15, -0.1) is 0 Å². The maximum absolute atomic E-state index is 5.42. The summed E-state index contributed by atoms with van der Waals surface area (Å²) >= 11 is 1.96. The number of hydrogen-bond acceptors (Lipinski definition) is 6. The Morgan fingerprint density at radius 3 is 2.78 bits per heavy atom. The van der Waals surface area contributed by atoms with Gasteiger partial charge in [0.15, 0.2) is 0 Å². The Morgan fingerprint density at radius 2 is 2.17 bits per heavy atom. The number of aryl methyl sites for hydroxylation is 1. The van der Waals surface area contributed by atoms with Crippen LogP contribution in [0.3, 0.4) is 0 Å². The van der Waals surface area contributed by atoms with Crippen LogP contribution >= 0.6 is 11.8 Å². The normalized spacial score (nSPS) is 23.1. The summed E-state index contributed by atoms with van der Waals surface area (Å²) in [6.07, 6.45) is 6.69. The second-order valence-corrected chi connectivity index (χ2v) is 5.70. The van der Waals surface area contributed by atoms with E-state index in [2.05, 4.69) is 27.0 Å². The maximum Gasteiger partial charge on any atom is 0.145 e. The number of nitrogens with two attached hydrogens (primary N) is 1. The Bertz CT molecular complexity index is 376. The summed E-state index contributed by atoms with van der Waals surface area (Å²) in [6, 6.07) is 2.39. The molecule has 100 valence electrons. The van der Waals surface area contributed by atoms with Gasteiger partial charge in [-0.25, -0.2) is 15.8 Å². The van der Waals surface area contributed by atoms with Crippen LogP contribution in [-0.4, -0.2) is 27.5 Å². The minimum absolute atomic E-state index is 0.521. The Morgan fingerprint density at radius 1 is 1.39 bits per heavy atom. The van der Waals surface area contributed by atoms with Crippen LogP contribution in [0, 0.1) is 0 Å². The molecule has 1 heterocycles. The van der Waals surface area contributed by atoms with Gasteiger partial charge in [-0.05, 0) is 25.5 Å². The van der Waals surface area contributed by atoms with Crippen LogP contribution in [0.5, 0.6) is 0 Å². The van der Waals surface area contributed by atoms with Crippen LogP contribution in [-0.2, 0) is 6.42 Å². The van der Waals surface area contributed by atoms with E-state index in [1.54, 1.807) is 0 Å². The SMILES string of the molecule is CCc1nc(NN)cc(NC2CCC(SC)C2)n1. The van der Waals surface area contributed by atoms with E-state index in [0.29, 0.717) is 11.9 Å². The minimum atomic E-state index is 0.521. The molecule has 1 fully saturated rings. The number of hydrogen-bond donors (Lipinski definition) is 3. The Labute approximate surface area is 112 Å². The predicted octanol–water partition coefficient (Wildman–Crippen LogP) is 2.02. The number of rotatable bonds is 5. The zero-order chi connectivity index (χ0) is 13.0. The van der Waals surface area contributed by atoms with E-state index in [0.717, 1.165) is 23.3 Å². The molecular formula is C12H21N5S. The molecule has 2 atom stereocenters. The zero-order valence-corrected chi connectivity index (χ0v) is 11.8. The van der Waals surface area contributed by atoms with Crippen LogP contribution in [0.15, 0.2) is 6.07 Å². The van der Waals surface area contributed by atoms with Crippen molar-refractivity contribution in [1.29, 1.82) is 0 Å². The van der Waals surface area contributed by atoms with Gasteiger partial charge in [0.25, 0.3) is 0 Å². The molecule has 1 saturated carbocycles. The summed E-state index contributed by atoms with van der Waals surface area (Å²) in [4.78, 5) is 8.77. The average molecular weight is 267 g/mol. The zero-order valence-electron chi connectivity index (χ0n) is 10.9. The molecule has 18 heavy (non-hydrogen) atoms. The molecule has 5 nitrogen and oxygen atoms in total. The van der Waals surface area contributed by atoms with Crippen molar-refractivity contribution in [2.45, 2.75) is 43.9 Å². The van der Waals surface area contributed by atoms with Gasteiger partial charge in [0.2, 0.25) is 0 Å². The highest BCUT2D eigenvalue weighted by Gasteiger charge is 2.24. The summed E-state index contributed by atoms with van der Waals surface area (Å²) in [6.45, 7) is 2.04. The smallest absolute Gasteiger partial charge is 0.145 e. The molecular weight excluding hydrogens is 246 g/mol. The van der Waals surface area contributed by atoms with Crippen LogP contribution in [0.2, 0.25) is 0 Å². The third-order valence-corrected chi connectivity index (χ3v) is 4.40. The van der Waals surface area contributed by atoms with Crippen molar-refractivity contribution in [2.75, 3.05) is 17.0 Å². The summed E-state index contributed by atoms with van der Waals surface area (Å²) in [5.74, 6) is 7.78. The molecule has 0 radical (unpaired) electrons. The lowest BCUT2D eigenvalue weighted by Crippen LogP contribution is -2.18. The summed E-state index contributed by atoms with van der Waals surface area (Å²) in [5.41, 5.74) is 2.59. The summed E-state index contributed by atoms with van der Waals surface area (Å²) in [7, 11) is 0. The second-order valence-electron chi connectivity index (χ2n) is 4.56. The van der Waals surface area contributed by atoms with Crippen LogP contribution in [0.1, 0.15) is 32.0 Å². The standard InChI is InChI=1S/C12H21N5S/c1-3-10-15-11(7-12(16-10)17-13)14-8-4-5-9(6-8)18-2/h7-9H,3-6,13H2,1-2H3,(H2,14,15,16,17). The molecule has 4 N–H and O–H groups in total. The molecule has 0 saturated heterocycles. The molecule has 6 heteroatoms. The molecule has 2 unspecified atom stereocenters. The van der Waals surface area contributed by atoms with Crippen molar-refractivity contribution < 1.29 is 0 Å². The van der Waals surface area contributed by atoms with Crippen molar-refractivity contribution in [2.24, 2.45) is 5.84 Å². The molecule has 0 bridgehead atoms. The molecule has 0 aliphatic heterocycles. The van der Waals surface area contributed by atoms with Gasteiger partial charge in [0.1, 0.15) is 17.5 Å². The largest absolute Gasteiger partial charge is 0.367 e. The van der Waals surface area contributed by atoms with Crippen LogP contribution < -0.4 is 16.6 Å². The molecule has 0 amide bonds. The maximum atomic E-state index is 5.42. The quantitative estimate of drug-likeness (QED) is 0.560. The molecule has 1 aliphatic rings. The monoisotopic (exact) mass is 267 g/mol. The molecule has 0 spiro atoms. The first kappa shape index (κ1) is 13.4. The van der Waals surface area contributed by atoms with Crippen molar-refractivity contribution in [3.05, 3.63) is 11.9 Å². The number of nitrogens with zero attached hydrogens (tertiary/aromatic N) is 2. The number of thioether (sulfide) groups is 1. The lowest BCUT2D eigenvalue weighted by Gasteiger charge is -2.14. The van der Waals surface area contributed by atoms with Gasteiger partial charge < -0.3 is 10.7 Å². The summed E-state index contributed by atoms with van der Waals surface area (Å²) < 4.78 is 0. The van der Waals surface area contributed by atoms with Crippen LogP contribution in [0.25, 0.3) is 0 Å². The average Bonchev–Trinajstić information content (AvgIpc) is 2.85. The Balaban J connectivity index is 2.04. The lowest BCUT2D eigenvalue weighted by molar-refractivity contribution is 0.748. The van der Waals surface area contributed by atoms with Crippen molar-refractivity contribution >= 4 is 23.4 Å². The first-order chi connectivity index (χ1) is 8.75. The third kappa shape index (κ3) is 3.26. The number of nitrogens with one attached hydrogen (secondary N) is 2. The van der Waals surface area contributed by atoms with Gasteiger partial charge in [-0.3, -0.25) is 0 Å². The van der Waals surface area contributed by atoms with E-state index in [9.17, 15) is 0 Å². The summed E-state index contributed by atoms with van der Waals surface area (Å²) in [5, 5.41) is 4.27. The van der Waals surface area contributed by atoms with Crippen LogP contribution in [0.4, 0.5) is 11.6 Å². The molecule has 2 rings (SSSR count). The van der Waals surface area contributed by atoms with E-state index < -0.39 is 0 Å². The predicted molar refractivity (Wildman–Crippen MR) is 77.8 cm³/mol. The van der Waals surface area contributed by atoms with E-state index in [4.69, 9.17) is 5.84 Å². The fourth-order valence-electron chi connectivity index (χ4n) is 2.30. The van der Waals surface area contributed by atoms with Gasteiger partial charge in [-0.2, -0.15) is 11.8 Å². The van der Waals surface area contributed by atoms with Gasteiger partial charge in [0, 0.05) is 23.8 Å². The van der Waals surface area contributed by atoms with E-state index in [1.165, 1.54) is 19.3 Å². The van der Waals surface area contributed by atoms with Gasteiger partial charge >= 0.3 is 0 Å². The highest BCUT2D eigenvalue weighted by Crippen LogP contribution is 2.30. The Hall–Kier alpha value is -1.01. The first-order valence-corrected chi connectivity index (χ1v) is 7.67. The lowest BCUT2D eigenvalue weighted by atomic mass is 10.2. The van der Waals surface area contributed by atoms with Crippen molar-refractivity contribution in [3.8, 4) is 0 Å². The van der Waals surface area contributed by atoms with Crippen molar-refractivity contribution in [1.82, 2.24) is 9.97 Å². The topological polar surface area (TPSA) is 75.9 Å². The molecule has 1 aromatic rings. The number of nitrogen functional groups attached to an aromatic ring is 1. The fraction of sp³-hybridized carbons (Fsp3) is 0.667. The van der Waals surface area contributed by atoms with E-state index in [1.807, 2.05) is 24.8 Å². The number of anilines is 2. The number of hydrazine groups is 1. The number of aromatic nitrogens is 2. The molecule has 1 aromatic heterocycles. The van der Waals surface area contributed by atoms with Gasteiger partial charge in [0.05, 0.1) is 0 Å². The Kier molecular flexibility index (Phi) is 4.66. The highest BCUT2D eigenvalue weighted by molar-refractivity contribution is 7.99. The second kappa shape index (κ2) is 6.24. The third-order valence-electron chi connectivity index (χ3n) is 3.31. The van der Waals surface area contributed by atoms with Crippen molar-refractivity contribution in [3.63, 3.8) is 0 Å². The fourth-order valence-corrected chi connectivity index (χ4v) is 3.09. The first-order valence-electron chi connectivity index (χ1n) is 6.39.